The summed E-state index contributed by atoms with van der Waals surface area (Å²) in [7, 11) is 0. The van der Waals surface area contributed by atoms with Crippen molar-refractivity contribution in [3.05, 3.63) is 47.3 Å². The Hall–Kier alpha value is -1.94. The maximum absolute atomic E-state index is 13.1. The minimum atomic E-state index is -0.982. The molecule has 0 radical (unpaired) electrons. The second-order valence-corrected chi connectivity index (χ2v) is 10.1. The summed E-state index contributed by atoms with van der Waals surface area (Å²) in [4.78, 5) is 25.2. The molecular formula is C26H34O4. The SMILES string of the molecule is C/C=C(\C)O[C@]1(C(=O)CO)CCC2C3C[C@H](C)C4=CC(=O)C=C[C@]4(C)C3=CC[C@@]21C. The van der Waals surface area contributed by atoms with E-state index in [1.54, 1.807) is 6.08 Å². The van der Waals surface area contributed by atoms with Gasteiger partial charge >= 0.3 is 0 Å². The highest BCUT2D eigenvalue weighted by Crippen LogP contribution is 2.66. The number of aliphatic hydroxyl groups is 1. The third-order valence-corrected chi connectivity index (χ3v) is 8.73. The summed E-state index contributed by atoms with van der Waals surface area (Å²) < 4.78 is 6.38. The Morgan fingerprint density at radius 1 is 1.33 bits per heavy atom. The van der Waals surface area contributed by atoms with Crippen molar-refractivity contribution < 1.29 is 19.4 Å². The first-order valence-corrected chi connectivity index (χ1v) is 11.2. The lowest BCUT2D eigenvalue weighted by Gasteiger charge is -2.55. The number of carbonyl (C=O) groups excluding carboxylic acids is 2. The molecule has 30 heavy (non-hydrogen) atoms. The van der Waals surface area contributed by atoms with E-state index in [9.17, 15) is 14.7 Å². The van der Waals surface area contributed by atoms with E-state index in [1.165, 1.54) is 11.1 Å². The van der Waals surface area contributed by atoms with Crippen LogP contribution in [0.4, 0.5) is 0 Å². The van der Waals surface area contributed by atoms with Gasteiger partial charge < -0.3 is 9.84 Å². The van der Waals surface area contributed by atoms with E-state index in [0.717, 1.165) is 25.0 Å². The molecule has 0 saturated heterocycles. The molecule has 4 aliphatic carbocycles. The Morgan fingerprint density at radius 3 is 2.73 bits per heavy atom. The van der Waals surface area contributed by atoms with Gasteiger partial charge in [-0.15, -0.1) is 0 Å². The predicted octanol–water partition coefficient (Wildman–Crippen LogP) is 4.70. The highest BCUT2D eigenvalue weighted by molar-refractivity contribution is 6.01. The maximum atomic E-state index is 13.1. The van der Waals surface area contributed by atoms with Crippen LogP contribution >= 0.6 is 0 Å². The van der Waals surface area contributed by atoms with E-state index in [0.29, 0.717) is 24.2 Å². The largest absolute Gasteiger partial charge is 0.484 e. The van der Waals surface area contributed by atoms with Gasteiger partial charge in [-0.3, -0.25) is 9.59 Å². The smallest absolute Gasteiger partial charge is 0.202 e. The molecular weight excluding hydrogens is 376 g/mol. The zero-order valence-electron chi connectivity index (χ0n) is 18.8. The van der Waals surface area contributed by atoms with Crippen LogP contribution in [0.15, 0.2) is 47.3 Å². The normalized spacial score (nSPS) is 42.7. The fourth-order valence-electron chi connectivity index (χ4n) is 7.07. The first kappa shape index (κ1) is 21.3. The number of allylic oxidation sites excluding steroid dienone is 8. The molecule has 6 atom stereocenters. The van der Waals surface area contributed by atoms with Gasteiger partial charge in [0, 0.05) is 10.8 Å². The zero-order chi connectivity index (χ0) is 21.9. The highest BCUT2D eigenvalue weighted by Gasteiger charge is 2.66. The van der Waals surface area contributed by atoms with Crippen LogP contribution in [-0.4, -0.2) is 28.9 Å². The van der Waals surface area contributed by atoms with E-state index in [4.69, 9.17) is 4.74 Å². The van der Waals surface area contributed by atoms with Crippen molar-refractivity contribution in [2.75, 3.05) is 6.61 Å². The highest BCUT2D eigenvalue weighted by atomic mass is 16.5. The molecule has 4 nitrogen and oxygen atoms in total. The van der Waals surface area contributed by atoms with Gasteiger partial charge in [0.25, 0.3) is 0 Å². The summed E-state index contributed by atoms with van der Waals surface area (Å²) in [5, 5.41) is 9.83. The number of fused-ring (bicyclic) bond motifs is 5. The zero-order valence-corrected chi connectivity index (χ0v) is 18.8. The van der Waals surface area contributed by atoms with Crippen molar-refractivity contribution >= 4 is 11.6 Å². The molecule has 0 amide bonds. The Labute approximate surface area is 179 Å². The van der Waals surface area contributed by atoms with Crippen LogP contribution in [0.2, 0.25) is 0 Å². The lowest BCUT2D eigenvalue weighted by atomic mass is 9.49. The standard InChI is InChI=1S/C26H34O4/c1-6-17(3)30-26(23(29)15-27)12-9-21-19-13-16(2)22-14-18(28)7-10-24(22,4)20(19)8-11-25(21,26)5/h6-8,10,14,16,19,21,27H,9,11-13,15H2,1-5H3/b17-6+/t16-,19?,21?,24+,25-,26-/m0/s1. The van der Waals surface area contributed by atoms with Crippen molar-refractivity contribution in [1.29, 1.82) is 0 Å². The molecule has 4 aliphatic rings. The average Bonchev–Trinajstić information content (AvgIpc) is 3.02. The molecule has 2 fully saturated rings. The molecule has 4 rings (SSSR count). The van der Waals surface area contributed by atoms with Crippen LogP contribution in [0.25, 0.3) is 0 Å². The maximum Gasteiger partial charge on any atom is 0.202 e. The molecule has 2 unspecified atom stereocenters. The van der Waals surface area contributed by atoms with Gasteiger partial charge in [-0.05, 0) is 88.0 Å². The summed E-state index contributed by atoms with van der Waals surface area (Å²) in [6, 6.07) is 0. The Kier molecular flexibility index (Phi) is 5.00. The van der Waals surface area contributed by atoms with Crippen LogP contribution in [0.5, 0.6) is 0 Å². The van der Waals surface area contributed by atoms with Crippen LogP contribution in [0, 0.1) is 28.6 Å². The molecule has 2 saturated carbocycles. The number of carbonyl (C=O) groups is 2. The second-order valence-electron chi connectivity index (χ2n) is 10.1. The predicted molar refractivity (Wildman–Crippen MR) is 116 cm³/mol. The first-order chi connectivity index (χ1) is 14.1. The van der Waals surface area contributed by atoms with Crippen molar-refractivity contribution in [2.24, 2.45) is 28.6 Å². The van der Waals surface area contributed by atoms with Crippen LogP contribution in [0.3, 0.4) is 0 Å². The molecule has 0 aromatic rings. The molecule has 0 aliphatic heterocycles. The van der Waals surface area contributed by atoms with Gasteiger partial charge in [0.2, 0.25) is 5.78 Å². The Morgan fingerprint density at radius 2 is 2.07 bits per heavy atom. The average molecular weight is 411 g/mol. The third-order valence-electron chi connectivity index (χ3n) is 8.73. The minimum Gasteiger partial charge on any atom is -0.484 e. The van der Waals surface area contributed by atoms with Gasteiger partial charge in [-0.1, -0.05) is 31.6 Å². The van der Waals surface area contributed by atoms with E-state index < -0.39 is 12.2 Å². The van der Waals surface area contributed by atoms with E-state index in [-0.39, 0.29) is 22.4 Å². The topological polar surface area (TPSA) is 63.6 Å². The number of ether oxygens (including phenoxy) is 1. The van der Waals surface area contributed by atoms with Gasteiger partial charge in [0.1, 0.15) is 6.61 Å². The molecule has 0 spiro atoms. The number of rotatable bonds is 4. The summed E-state index contributed by atoms with van der Waals surface area (Å²) in [6.45, 7) is 9.95. The molecule has 0 aromatic carbocycles. The lowest BCUT2D eigenvalue weighted by molar-refractivity contribution is -0.160. The Balaban J connectivity index is 1.81. The molecule has 0 heterocycles. The van der Waals surface area contributed by atoms with Crippen LogP contribution in [-0.2, 0) is 14.3 Å². The lowest BCUT2D eigenvalue weighted by Crippen LogP contribution is -2.57. The van der Waals surface area contributed by atoms with Gasteiger partial charge in [0.05, 0.1) is 5.76 Å². The summed E-state index contributed by atoms with van der Waals surface area (Å²) in [5.41, 5.74) is 1.05. The van der Waals surface area contributed by atoms with Crippen molar-refractivity contribution in [3.8, 4) is 0 Å². The number of aliphatic hydroxyl groups excluding tert-OH is 1. The summed E-state index contributed by atoms with van der Waals surface area (Å²) >= 11 is 0. The number of hydrogen-bond donors (Lipinski definition) is 1. The van der Waals surface area contributed by atoms with Crippen molar-refractivity contribution in [3.63, 3.8) is 0 Å². The second kappa shape index (κ2) is 7.05. The molecule has 0 bridgehead atoms. The van der Waals surface area contributed by atoms with Gasteiger partial charge in [-0.25, -0.2) is 0 Å². The minimum absolute atomic E-state index is 0.0812. The Bertz CT molecular complexity index is 906. The van der Waals surface area contributed by atoms with Crippen LogP contribution < -0.4 is 0 Å². The van der Waals surface area contributed by atoms with Crippen LogP contribution in [0.1, 0.15) is 60.3 Å². The van der Waals surface area contributed by atoms with E-state index >= 15 is 0 Å². The molecule has 0 aromatic heterocycles. The van der Waals surface area contributed by atoms with E-state index in [2.05, 4.69) is 32.9 Å². The molecule has 1 N–H and O–H groups in total. The third kappa shape index (κ3) is 2.69. The van der Waals surface area contributed by atoms with Crippen molar-refractivity contribution in [2.45, 2.75) is 65.9 Å². The monoisotopic (exact) mass is 410 g/mol. The summed E-state index contributed by atoms with van der Waals surface area (Å²) in [6.07, 6.45) is 13.1. The number of ketones is 2. The van der Waals surface area contributed by atoms with Crippen molar-refractivity contribution in [1.82, 2.24) is 0 Å². The number of Topliss-reactive ketones (excluding diaryl/α,β-unsaturated/α-hetero) is 1. The van der Waals surface area contributed by atoms with E-state index in [1.807, 2.05) is 26.0 Å². The molecule has 162 valence electrons. The fourth-order valence-corrected chi connectivity index (χ4v) is 7.07. The summed E-state index contributed by atoms with van der Waals surface area (Å²) in [5.74, 6) is 1.58. The fraction of sp³-hybridized carbons (Fsp3) is 0.615. The quantitative estimate of drug-likeness (QED) is 0.539. The van der Waals surface area contributed by atoms with Gasteiger partial charge in [-0.2, -0.15) is 0 Å². The van der Waals surface area contributed by atoms with Gasteiger partial charge in [0.15, 0.2) is 11.4 Å². The number of hydrogen-bond acceptors (Lipinski definition) is 4. The first-order valence-electron chi connectivity index (χ1n) is 11.2. The molecule has 4 heteroatoms.